The van der Waals surface area contributed by atoms with Crippen LogP contribution in [0.25, 0.3) is 0 Å². The van der Waals surface area contributed by atoms with Gasteiger partial charge in [-0.15, -0.1) is 0 Å². The summed E-state index contributed by atoms with van der Waals surface area (Å²) in [5.41, 5.74) is 6.90. The maximum atomic E-state index is 11.7. The molecule has 2 amide bonds. The van der Waals surface area contributed by atoms with Crippen molar-refractivity contribution in [2.45, 2.75) is 19.9 Å². The molecule has 1 aromatic carbocycles. The lowest BCUT2D eigenvalue weighted by Gasteiger charge is -2.15. The smallest absolute Gasteiger partial charge is 0.251 e. The van der Waals surface area contributed by atoms with Crippen molar-refractivity contribution in [3.63, 3.8) is 0 Å². The van der Waals surface area contributed by atoms with Crippen molar-refractivity contribution in [1.29, 1.82) is 0 Å². The van der Waals surface area contributed by atoms with Crippen molar-refractivity contribution in [2.75, 3.05) is 12.4 Å². The highest BCUT2D eigenvalue weighted by atomic mass is 16.2. The highest BCUT2D eigenvalue weighted by molar-refractivity contribution is 5.97. The molecule has 0 aliphatic carbocycles. The van der Waals surface area contributed by atoms with Gasteiger partial charge in [-0.3, -0.25) is 9.59 Å². The number of anilines is 1. The van der Waals surface area contributed by atoms with Crippen LogP contribution < -0.4 is 16.4 Å². The monoisotopic (exact) mass is 249 g/mol. The van der Waals surface area contributed by atoms with Crippen LogP contribution in [0.1, 0.15) is 24.2 Å². The van der Waals surface area contributed by atoms with E-state index in [0.717, 1.165) is 0 Å². The third kappa shape index (κ3) is 3.56. The van der Waals surface area contributed by atoms with Crippen LogP contribution in [0.2, 0.25) is 0 Å². The lowest BCUT2D eigenvalue weighted by molar-refractivity contribution is -0.118. The first-order valence-corrected chi connectivity index (χ1v) is 5.84. The summed E-state index contributed by atoms with van der Waals surface area (Å²) < 4.78 is 0. The molecule has 0 aliphatic heterocycles. The predicted octanol–water partition coefficient (Wildman–Crippen LogP) is 0.968. The number of amides is 2. The molecular weight excluding hydrogens is 230 g/mol. The normalized spacial score (nSPS) is 12.1. The molecule has 98 valence electrons. The molecule has 0 saturated carbocycles. The van der Waals surface area contributed by atoms with Crippen LogP contribution in [0.15, 0.2) is 24.3 Å². The van der Waals surface area contributed by atoms with E-state index >= 15 is 0 Å². The van der Waals surface area contributed by atoms with Gasteiger partial charge < -0.3 is 16.4 Å². The first-order chi connectivity index (χ1) is 8.45. The minimum atomic E-state index is -0.538. The molecule has 0 fully saturated rings. The standard InChI is InChI=1S/C13H19N3O2/c1-8(2)11(14)13(18)16-10-6-4-9(5-7-10)12(17)15-3/h4-8,11H,14H2,1-3H3,(H,15,17)(H,16,18)/t11-/m1/s1. The van der Waals surface area contributed by atoms with Crippen LogP contribution in [0.3, 0.4) is 0 Å². The number of nitrogens with one attached hydrogen (secondary N) is 2. The Bertz CT molecular complexity index is 426. The molecule has 0 aromatic heterocycles. The summed E-state index contributed by atoms with van der Waals surface area (Å²) in [6, 6.07) is 6.11. The van der Waals surface area contributed by atoms with Gasteiger partial charge in [-0.05, 0) is 30.2 Å². The molecule has 0 radical (unpaired) electrons. The minimum Gasteiger partial charge on any atom is -0.355 e. The van der Waals surface area contributed by atoms with Crippen molar-refractivity contribution >= 4 is 17.5 Å². The number of hydrogen-bond donors (Lipinski definition) is 3. The number of carbonyl (C=O) groups is 2. The number of nitrogens with two attached hydrogens (primary N) is 1. The molecule has 1 atom stereocenters. The summed E-state index contributed by atoms with van der Waals surface area (Å²) in [5.74, 6) is -0.306. The van der Waals surface area contributed by atoms with Crippen LogP contribution >= 0.6 is 0 Å². The van der Waals surface area contributed by atoms with Crippen molar-refractivity contribution < 1.29 is 9.59 Å². The summed E-state index contributed by atoms with van der Waals surface area (Å²) >= 11 is 0. The topological polar surface area (TPSA) is 84.2 Å². The Morgan fingerprint density at radius 2 is 1.72 bits per heavy atom. The zero-order chi connectivity index (χ0) is 13.7. The quantitative estimate of drug-likeness (QED) is 0.743. The van der Waals surface area contributed by atoms with Crippen LogP contribution in [0.4, 0.5) is 5.69 Å². The Hall–Kier alpha value is -1.88. The highest BCUT2D eigenvalue weighted by Crippen LogP contribution is 2.11. The van der Waals surface area contributed by atoms with E-state index in [1.807, 2.05) is 13.8 Å². The Morgan fingerprint density at radius 1 is 1.17 bits per heavy atom. The molecule has 1 rings (SSSR count). The average Bonchev–Trinajstić information content (AvgIpc) is 2.37. The van der Waals surface area contributed by atoms with E-state index in [4.69, 9.17) is 5.73 Å². The Morgan fingerprint density at radius 3 is 2.17 bits per heavy atom. The van der Waals surface area contributed by atoms with Crippen molar-refractivity contribution in [1.82, 2.24) is 5.32 Å². The van der Waals surface area contributed by atoms with E-state index in [9.17, 15) is 9.59 Å². The molecule has 4 N–H and O–H groups in total. The Labute approximate surface area is 107 Å². The van der Waals surface area contributed by atoms with Crippen LogP contribution in [-0.2, 0) is 4.79 Å². The molecule has 0 heterocycles. The van der Waals surface area contributed by atoms with Gasteiger partial charge in [0.05, 0.1) is 6.04 Å². The molecule has 0 unspecified atom stereocenters. The summed E-state index contributed by atoms with van der Waals surface area (Å²) in [5, 5.41) is 5.24. The molecular formula is C13H19N3O2. The van der Waals surface area contributed by atoms with Gasteiger partial charge in [0, 0.05) is 18.3 Å². The first-order valence-electron chi connectivity index (χ1n) is 5.84. The third-order valence-corrected chi connectivity index (χ3v) is 2.66. The summed E-state index contributed by atoms with van der Waals surface area (Å²) in [7, 11) is 1.57. The van der Waals surface area contributed by atoms with Crippen LogP contribution in [0, 0.1) is 5.92 Å². The number of hydrogen-bond acceptors (Lipinski definition) is 3. The Kier molecular flexibility index (Phi) is 4.85. The van der Waals surface area contributed by atoms with E-state index in [1.54, 1.807) is 31.3 Å². The van der Waals surface area contributed by atoms with Crippen molar-refractivity contribution in [3.05, 3.63) is 29.8 Å². The molecule has 5 nitrogen and oxygen atoms in total. The van der Waals surface area contributed by atoms with Gasteiger partial charge in [-0.25, -0.2) is 0 Å². The van der Waals surface area contributed by atoms with Crippen LogP contribution in [-0.4, -0.2) is 24.9 Å². The fraction of sp³-hybridized carbons (Fsp3) is 0.385. The predicted molar refractivity (Wildman–Crippen MR) is 71.3 cm³/mol. The lowest BCUT2D eigenvalue weighted by atomic mass is 10.0. The molecule has 1 aromatic rings. The van der Waals surface area contributed by atoms with E-state index in [2.05, 4.69) is 10.6 Å². The zero-order valence-electron chi connectivity index (χ0n) is 10.9. The molecule has 0 bridgehead atoms. The molecule has 0 saturated heterocycles. The second-order valence-electron chi connectivity index (χ2n) is 4.42. The number of benzene rings is 1. The first kappa shape index (κ1) is 14.2. The summed E-state index contributed by atoms with van der Waals surface area (Å²) in [6.45, 7) is 3.78. The largest absolute Gasteiger partial charge is 0.355 e. The van der Waals surface area contributed by atoms with E-state index in [-0.39, 0.29) is 17.7 Å². The SMILES string of the molecule is CNC(=O)c1ccc(NC(=O)[C@H](N)C(C)C)cc1. The van der Waals surface area contributed by atoms with Gasteiger partial charge in [0.25, 0.3) is 5.91 Å². The zero-order valence-corrected chi connectivity index (χ0v) is 10.9. The molecule has 0 aliphatic rings. The molecule has 18 heavy (non-hydrogen) atoms. The van der Waals surface area contributed by atoms with Crippen molar-refractivity contribution in [3.8, 4) is 0 Å². The van der Waals surface area contributed by atoms with E-state index in [1.165, 1.54) is 0 Å². The van der Waals surface area contributed by atoms with Crippen LogP contribution in [0.5, 0.6) is 0 Å². The second-order valence-corrected chi connectivity index (χ2v) is 4.42. The number of rotatable bonds is 4. The van der Waals surface area contributed by atoms with E-state index in [0.29, 0.717) is 11.3 Å². The molecule has 0 spiro atoms. The van der Waals surface area contributed by atoms with Gasteiger partial charge in [0.1, 0.15) is 0 Å². The maximum absolute atomic E-state index is 11.7. The maximum Gasteiger partial charge on any atom is 0.251 e. The average molecular weight is 249 g/mol. The van der Waals surface area contributed by atoms with E-state index < -0.39 is 6.04 Å². The van der Waals surface area contributed by atoms with Gasteiger partial charge in [-0.2, -0.15) is 0 Å². The van der Waals surface area contributed by atoms with Gasteiger partial charge >= 0.3 is 0 Å². The van der Waals surface area contributed by atoms with Gasteiger partial charge in [0.15, 0.2) is 0 Å². The fourth-order valence-corrected chi connectivity index (χ4v) is 1.38. The second kappa shape index (κ2) is 6.16. The highest BCUT2D eigenvalue weighted by Gasteiger charge is 2.17. The number of carbonyl (C=O) groups excluding carboxylic acids is 2. The summed E-state index contributed by atoms with van der Waals surface area (Å²) in [4.78, 5) is 23.0. The van der Waals surface area contributed by atoms with Crippen molar-refractivity contribution in [2.24, 2.45) is 11.7 Å². The lowest BCUT2D eigenvalue weighted by Crippen LogP contribution is -2.39. The Balaban J connectivity index is 2.69. The third-order valence-electron chi connectivity index (χ3n) is 2.66. The minimum absolute atomic E-state index is 0.0788. The fourth-order valence-electron chi connectivity index (χ4n) is 1.38. The van der Waals surface area contributed by atoms with Gasteiger partial charge in [-0.1, -0.05) is 13.8 Å². The van der Waals surface area contributed by atoms with Gasteiger partial charge in [0.2, 0.25) is 5.91 Å². The summed E-state index contributed by atoms with van der Waals surface area (Å²) in [6.07, 6.45) is 0. The molecule has 5 heteroatoms.